The Morgan fingerprint density at radius 1 is 1.36 bits per heavy atom. The standard InChI is InChI=1S/C22H25N5O6/c1-2-3-9-30-16-15-19(27-12-24-14-17(27)25-21(23)26-18(14)28)33-22(16,10-31-15)11-32-20(29)13-7-5-4-6-8-13/h4-8,12,15-16,19H,2-3,9-11H2,1H3,(H3,23,25,26,28)/t15-,16?,19+,22+/m0/s1. The van der Waals surface area contributed by atoms with Crippen LogP contribution < -0.4 is 11.3 Å². The third-order valence-electron chi connectivity index (χ3n) is 5.95. The molecule has 3 aromatic rings. The summed E-state index contributed by atoms with van der Waals surface area (Å²) >= 11 is 0. The second kappa shape index (κ2) is 8.58. The van der Waals surface area contributed by atoms with Gasteiger partial charge in [0.2, 0.25) is 5.95 Å². The van der Waals surface area contributed by atoms with E-state index in [2.05, 4.69) is 21.9 Å². The fourth-order valence-electron chi connectivity index (χ4n) is 4.30. The monoisotopic (exact) mass is 455 g/mol. The maximum Gasteiger partial charge on any atom is 0.338 e. The van der Waals surface area contributed by atoms with E-state index in [0.717, 1.165) is 12.8 Å². The number of nitrogens with one attached hydrogen (secondary N) is 1. The predicted molar refractivity (Wildman–Crippen MR) is 117 cm³/mol. The first-order valence-corrected chi connectivity index (χ1v) is 10.9. The van der Waals surface area contributed by atoms with Crippen molar-refractivity contribution in [2.45, 2.75) is 43.8 Å². The number of nitrogens with two attached hydrogens (primary N) is 1. The number of nitrogen functional groups attached to an aromatic ring is 1. The molecule has 0 spiro atoms. The summed E-state index contributed by atoms with van der Waals surface area (Å²) in [6, 6.07) is 8.74. The number of hydrogen-bond acceptors (Lipinski definition) is 9. The third kappa shape index (κ3) is 3.77. The SMILES string of the molecule is CCCCOC1[C@@H]2OC[C@]1(COC(=O)c1ccccc1)O[C@H]2n1cnc2c(=O)[nH]c(N)nc21. The van der Waals surface area contributed by atoms with Gasteiger partial charge in [-0.3, -0.25) is 14.3 Å². The number of carbonyl (C=O) groups excluding carboxylic acids is 1. The maximum atomic E-state index is 12.6. The average molecular weight is 455 g/mol. The van der Waals surface area contributed by atoms with Gasteiger partial charge >= 0.3 is 5.97 Å². The van der Waals surface area contributed by atoms with Crippen LogP contribution in [-0.2, 0) is 18.9 Å². The highest BCUT2D eigenvalue weighted by Gasteiger charge is 2.64. The molecule has 3 N–H and O–H groups in total. The Bertz CT molecular complexity index is 1210. The summed E-state index contributed by atoms with van der Waals surface area (Å²) in [4.78, 5) is 35.6. The molecule has 2 fully saturated rings. The molecule has 0 radical (unpaired) electrons. The van der Waals surface area contributed by atoms with Crippen molar-refractivity contribution in [3.05, 3.63) is 52.6 Å². The largest absolute Gasteiger partial charge is 0.459 e. The van der Waals surface area contributed by atoms with Crippen molar-refractivity contribution < 1.29 is 23.7 Å². The van der Waals surface area contributed by atoms with Crippen LogP contribution >= 0.6 is 0 Å². The molecule has 174 valence electrons. The summed E-state index contributed by atoms with van der Waals surface area (Å²) in [5.74, 6) is -0.484. The molecular formula is C22H25N5O6. The van der Waals surface area contributed by atoms with Crippen LogP contribution in [0.3, 0.4) is 0 Å². The number of unbranched alkanes of at least 4 members (excludes halogenated alkanes) is 1. The number of imidazole rings is 1. The molecule has 2 aliphatic heterocycles. The first-order valence-electron chi connectivity index (χ1n) is 10.9. The molecule has 11 heteroatoms. The van der Waals surface area contributed by atoms with Crippen molar-refractivity contribution in [1.82, 2.24) is 19.5 Å². The van der Waals surface area contributed by atoms with Crippen molar-refractivity contribution in [2.75, 3.05) is 25.6 Å². The lowest BCUT2D eigenvalue weighted by Crippen LogP contribution is -2.47. The zero-order valence-corrected chi connectivity index (χ0v) is 18.1. The Kier molecular flexibility index (Phi) is 5.60. The van der Waals surface area contributed by atoms with E-state index in [9.17, 15) is 9.59 Å². The van der Waals surface area contributed by atoms with E-state index in [0.29, 0.717) is 12.2 Å². The minimum absolute atomic E-state index is 0.0272. The van der Waals surface area contributed by atoms with Crippen LogP contribution in [0.1, 0.15) is 36.4 Å². The van der Waals surface area contributed by atoms with Crippen LogP contribution in [0, 0.1) is 0 Å². The summed E-state index contributed by atoms with van der Waals surface area (Å²) in [6.07, 6.45) is 1.64. The number of rotatable bonds is 8. The van der Waals surface area contributed by atoms with Gasteiger partial charge in [-0.15, -0.1) is 0 Å². The molecule has 2 saturated heterocycles. The van der Waals surface area contributed by atoms with Gasteiger partial charge in [-0.25, -0.2) is 9.78 Å². The number of benzene rings is 1. The summed E-state index contributed by atoms with van der Waals surface area (Å²) < 4.78 is 25.9. The Morgan fingerprint density at radius 3 is 2.97 bits per heavy atom. The second-order valence-corrected chi connectivity index (χ2v) is 8.21. The molecule has 2 aromatic heterocycles. The van der Waals surface area contributed by atoms with Crippen molar-refractivity contribution in [3.8, 4) is 0 Å². The number of nitrogens with zero attached hydrogens (tertiary/aromatic N) is 3. The van der Waals surface area contributed by atoms with Crippen LogP contribution in [0.25, 0.3) is 11.2 Å². The van der Waals surface area contributed by atoms with Gasteiger partial charge in [-0.1, -0.05) is 31.5 Å². The van der Waals surface area contributed by atoms with Gasteiger partial charge < -0.3 is 24.7 Å². The van der Waals surface area contributed by atoms with Crippen molar-refractivity contribution in [2.24, 2.45) is 0 Å². The van der Waals surface area contributed by atoms with Crippen molar-refractivity contribution >= 4 is 23.1 Å². The molecule has 1 unspecified atom stereocenters. The molecule has 5 rings (SSSR count). The molecule has 1 aromatic carbocycles. The van der Waals surface area contributed by atoms with E-state index in [1.165, 1.54) is 6.33 Å². The number of ether oxygens (including phenoxy) is 4. The first kappa shape index (κ1) is 21.6. The highest BCUT2D eigenvalue weighted by molar-refractivity contribution is 5.89. The summed E-state index contributed by atoms with van der Waals surface area (Å²) in [5.41, 5.74) is 5.16. The van der Waals surface area contributed by atoms with Crippen LogP contribution in [0.2, 0.25) is 0 Å². The molecule has 11 nitrogen and oxygen atoms in total. The van der Waals surface area contributed by atoms with Crippen LogP contribution in [0.5, 0.6) is 0 Å². The number of anilines is 1. The smallest absolute Gasteiger partial charge is 0.338 e. The molecular weight excluding hydrogens is 430 g/mol. The van der Waals surface area contributed by atoms with Crippen LogP contribution in [0.4, 0.5) is 5.95 Å². The lowest BCUT2D eigenvalue weighted by Gasteiger charge is -2.31. The molecule has 2 aliphatic rings. The minimum Gasteiger partial charge on any atom is -0.459 e. The Balaban J connectivity index is 1.43. The van der Waals surface area contributed by atoms with E-state index >= 15 is 0 Å². The maximum absolute atomic E-state index is 12.6. The number of hydrogen-bond donors (Lipinski definition) is 2. The van der Waals surface area contributed by atoms with Crippen LogP contribution in [0.15, 0.2) is 41.5 Å². The van der Waals surface area contributed by atoms with E-state index in [-0.39, 0.29) is 30.3 Å². The van der Waals surface area contributed by atoms with Crippen molar-refractivity contribution in [1.29, 1.82) is 0 Å². The molecule has 0 saturated carbocycles. The Labute approximate surface area is 188 Å². The van der Waals surface area contributed by atoms with Gasteiger partial charge in [0.15, 0.2) is 23.0 Å². The zero-order chi connectivity index (χ0) is 23.0. The van der Waals surface area contributed by atoms with Gasteiger partial charge in [-0.2, -0.15) is 4.98 Å². The summed E-state index contributed by atoms with van der Waals surface area (Å²) in [5, 5.41) is 0. The van der Waals surface area contributed by atoms with Crippen molar-refractivity contribution in [3.63, 3.8) is 0 Å². The topological polar surface area (TPSA) is 144 Å². The molecule has 4 atom stereocenters. The molecule has 0 amide bonds. The number of carbonyl (C=O) groups is 1. The fraction of sp³-hybridized carbons (Fsp3) is 0.455. The predicted octanol–water partition coefficient (Wildman–Crippen LogP) is 1.41. The number of aromatic amines is 1. The van der Waals surface area contributed by atoms with E-state index in [4.69, 9.17) is 24.7 Å². The van der Waals surface area contributed by atoms with Gasteiger partial charge in [0.05, 0.1) is 18.5 Å². The van der Waals surface area contributed by atoms with E-state index in [1.807, 2.05) is 6.07 Å². The van der Waals surface area contributed by atoms with Crippen LogP contribution in [-0.4, -0.2) is 63.1 Å². The summed E-state index contributed by atoms with van der Waals surface area (Å²) in [6.45, 7) is 2.75. The minimum atomic E-state index is -1.00. The van der Waals surface area contributed by atoms with Gasteiger partial charge in [-0.05, 0) is 18.6 Å². The molecule has 4 heterocycles. The normalized spacial score (nSPS) is 26.2. The number of H-pyrrole nitrogens is 1. The lowest BCUT2D eigenvalue weighted by atomic mass is 10.00. The lowest BCUT2D eigenvalue weighted by molar-refractivity contribution is -0.187. The quantitative estimate of drug-likeness (QED) is 0.380. The Morgan fingerprint density at radius 2 is 2.18 bits per heavy atom. The van der Waals surface area contributed by atoms with E-state index in [1.54, 1.807) is 28.8 Å². The van der Waals surface area contributed by atoms with Gasteiger partial charge in [0.1, 0.15) is 18.8 Å². The second-order valence-electron chi connectivity index (χ2n) is 8.21. The molecule has 2 bridgehead atoms. The highest BCUT2D eigenvalue weighted by atomic mass is 16.7. The summed E-state index contributed by atoms with van der Waals surface area (Å²) in [7, 11) is 0. The number of fused-ring (bicyclic) bond motifs is 3. The van der Waals surface area contributed by atoms with Gasteiger partial charge in [0.25, 0.3) is 5.56 Å². The first-order chi connectivity index (χ1) is 16.0. The number of aromatic nitrogens is 4. The third-order valence-corrected chi connectivity index (χ3v) is 5.95. The fourth-order valence-corrected chi connectivity index (χ4v) is 4.30. The molecule has 33 heavy (non-hydrogen) atoms. The number of esters is 1. The molecule has 0 aliphatic carbocycles. The Hall–Kier alpha value is -3.28. The highest BCUT2D eigenvalue weighted by Crippen LogP contribution is 2.47. The van der Waals surface area contributed by atoms with Gasteiger partial charge in [0, 0.05) is 6.61 Å². The average Bonchev–Trinajstić information content (AvgIpc) is 3.48. The zero-order valence-electron chi connectivity index (χ0n) is 18.1. The van der Waals surface area contributed by atoms with E-state index < -0.39 is 35.6 Å².